The number of amides is 1. The van der Waals surface area contributed by atoms with Crippen LogP contribution in [-0.4, -0.2) is 44.7 Å². The molecule has 37 heavy (non-hydrogen) atoms. The van der Waals surface area contributed by atoms with Crippen molar-refractivity contribution in [1.29, 1.82) is 0 Å². The van der Waals surface area contributed by atoms with Gasteiger partial charge in [0.25, 0.3) is 5.91 Å². The molecule has 13 heteroatoms. The quantitative estimate of drug-likeness (QED) is 0.464. The molecular formula is C24H24ClF5N2O4S. The molecule has 0 spiro atoms. The zero-order chi connectivity index (χ0) is 27.1. The first-order valence-corrected chi connectivity index (χ1v) is 13.8. The highest BCUT2D eigenvalue weighted by Crippen LogP contribution is 2.45. The highest BCUT2D eigenvalue weighted by Gasteiger charge is 2.34. The number of nitrogens with one attached hydrogen (secondary N) is 1. The Kier molecular flexibility index (Phi) is 7.74. The number of hydrogen-bond donors (Lipinski definition) is 1. The molecule has 1 aliphatic carbocycles. The molecule has 4 rings (SSSR count). The maximum Gasteiger partial charge on any atom is 0.416 e. The predicted molar refractivity (Wildman–Crippen MR) is 126 cm³/mol. The molecule has 2 aromatic rings. The number of sulfonamides is 1. The Morgan fingerprint density at radius 1 is 1.16 bits per heavy atom. The third-order valence-corrected chi connectivity index (χ3v) is 7.05. The monoisotopic (exact) mass is 566 g/mol. The van der Waals surface area contributed by atoms with Crippen molar-refractivity contribution in [1.82, 2.24) is 9.62 Å². The summed E-state index contributed by atoms with van der Waals surface area (Å²) < 4.78 is 99.4. The first-order valence-electron chi connectivity index (χ1n) is 11.5. The molecule has 1 amide bonds. The lowest BCUT2D eigenvalue weighted by molar-refractivity contribution is -0.137. The Morgan fingerprint density at radius 3 is 2.49 bits per heavy atom. The van der Waals surface area contributed by atoms with Gasteiger partial charge in [-0.25, -0.2) is 21.9 Å². The van der Waals surface area contributed by atoms with Crippen LogP contribution in [0.15, 0.2) is 24.3 Å². The molecule has 0 radical (unpaired) electrons. The molecule has 1 N–H and O–H groups in total. The first-order chi connectivity index (χ1) is 17.2. The number of ether oxygens (including phenoxy) is 1. The Labute approximate surface area is 215 Å². The predicted octanol–water partition coefficient (Wildman–Crippen LogP) is 5.25. The van der Waals surface area contributed by atoms with Gasteiger partial charge in [0.1, 0.15) is 23.5 Å². The van der Waals surface area contributed by atoms with Gasteiger partial charge in [-0.1, -0.05) is 11.6 Å². The molecule has 1 aliphatic heterocycles. The minimum Gasteiger partial charge on any atom is -0.489 e. The molecule has 1 atom stereocenters. The van der Waals surface area contributed by atoms with Crippen LogP contribution in [0, 0.1) is 11.6 Å². The van der Waals surface area contributed by atoms with Crippen molar-refractivity contribution in [3.8, 4) is 5.75 Å². The molecule has 2 fully saturated rings. The highest BCUT2D eigenvalue weighted by atomic mass is 35.5. The smallest absolute Gasteiger partial charge is 0.416 e. The molecule has 2 aliphatic rings. The average Bonchev–Trinajstić information content (AvgIpc) is 3.60. The Hall–Kier alpha value is -2.44. The van der Waals surface area contributed by atoms with Gasteiger partial charge in [0.15, 0.2) is 0 Å². The molecule has 1 saturated carbocycles. The highest BCUT2D eigenvalue weighted by molar-refractivity contribution is 7.89. The van der Waals surface area contributed by atoms with Gasteiger partial charge >= 0.3 is 6.18 Å². The summed E-state index contributed by atoms with van der Waals surface area (Å²) in [5.41, 5.74) is -1.07. The van der Waals surface area contributed by atoms with Gasteiger partial charge in [-0.3, -0.25) is 9.69 Å². The van der Waals surface area contributed by atoms with Crippen LogP contribution < -0.4 is 9.46 Å². The number of carbonyl (C=O) groups is 1. The second kappa shape index (κ2) is 10.4. The van der Waals surface area contributed by atoms with Crippen molar-refractivity contribution in [2.45, 2.75) is 50.4 Å². The molecule has 0 aromatic heterocycles. The van der Waals surface area contributed by atoms with E-state index in [0.29, 0.717) is 31.0 Å². The maximum absolute atomic E-state index is 14.8. The summed E-state index contributed by atoms with van der Waals surface area (Å²) >= 11 is 5.70. The number of benzene rings is 2. The number of carbonyl (C=O) groups excluding carboxylic acids is 1. The third kappa shape index (κ3) is 6.91. The summed E-state index contributed by atoms with van der Waals surface area (Å²) in [6, 6.07) is 3.64. The number of hydrogen-bond acceptors (Lipinski definition) is 5. The SMILES string of the molecule is CS(=O)(=O)NC(=O)c1cc(C2CC2)c(O[C@@H]2CCCN(Cc3cc(C(F)(F)F)cc(Cl)c3F)C2)cc1F. The van der Waals surface area contributed by atoms with Gasteiger partial charge in [-0.2, -0.15) is 13.2 Å². The lowest BCUT2D eigenvalue weighted by Crippen LogP contribution is -2.41. The Balaban J connectivity index is 1.52. The second-order valence-electron chi connectivity index (χ2n) is 9.39. The number of alkyl halides is 3. The number of likely N-dealkylation sites (tertiary alicyclic amines) is 1. The summed E-state index contributed by atoms with van der Waals surface area (Å²) in [4.78, 5) is 14.0. The van der Waals surface area contributed by atoms with E-state index in [9.17, 15) is 35.2 Å². The van der Waals surface area contributed by atoms with Crippen LogP contribution in [0.25, 0.3) is 0 Å². The lowest BCUT2D eigenvalue weighted by Gasteiger charge is -2.33. The van der Waals surface area contributed by atoms with E-state index in [1.165, 1.54) is 6.07 Å². The van der Waals surface area contributed by atoms with Crippen molar-refractivity contribution < 1.29 is 39.9 Å². The summed E-state index contributed by atoms with van der Waals surface area (Å²) in [6.07, 6.45) is -1.59. The number of nitrogens with zero attached hydrogens (tertiary/aromatic N) is 1. The van der Waals surface area contributed by atoms with E-state index in [4.69, 9.17) is 16.3 Å². The van der Waals surface area contributed by atoms with Gasteiger partial charge in [0.05, 0.1) is 22.4 Å². The van der Waals surface area contributed by atoms with Gasteiger partial charge in [-0.15, -0.1) is 0 Å². The number of rotatable bonds is 7. The standard InChI is InChI=1S/C24H24ClF5N2O4S/c1-37(34,35)31-23(33)18-9-17(13-4-5-13)21(10-20(18)26)36-16-3-2-6-32(12-16)11-14-7-15(24(28,29)30)8-19(25)22(14)27/h7-10,13,16H,2-6,11-12H2,1H3,(H,31,33)/t16-/m1/s1. The fourth-order valence-corrected chi connectivity index (χ4v) is 5.07. The van der Waals surface area contributed by atoms with Crippen molar-refractivity contribution in [3.63, 3.8) is 0 Å². The van der Waals surface area contributed by atoms with Crippen LogP contribution in [-0.2, 0) is 22.7 Å². The minimum absolute atomic E-state index is 0.0291. The zero-order valence-corrected chi connectivity index (χ0v) is 21.2. The fraction of sp³-hybridized carbons (Fsp3) is 0.458. The van der Waals surface area contributed by atoms with Gasteiger partial charge in [0.2, 0.25) is 10.0 Å². The zero-order valence-electron chi connectivity index (χ0n) is 19.7. The van der Waals surface area contributed by atoms with E-state index in [1.54, 1.807) is 9.62 Å². The second-order valence-corrected chi connectivity index (χ2v) is 11.5. The molecule has 2 aromatic carbocycles. The molecule has 6 nitrogen and oxygen atoms in total. The van der Waals surface area contributed by atoms with Crippen molar-refractivity contribution in [2.75, 3.05) is 19.3 Å². The Morgan fingerprint density at radius 2 is 1.86 bits per heavy atom. The molecule has 202 valence electrons. The van der Waals surface area contributed by atoms with E-state index in [1.807, 2.05) is 0 Å². The van der Waals surface area contributed by atoms with Crippen LogP contribution in [0.1, 0.15) is 58.6 Å². The van der Waals surface area contributed by atoms with Gasteiger partial charge in [0, 0.05) is 24.7 Å². The maximum atomic E-state index is 14.8. The van der Waals surface area contributed by atoms with E-state index in [-0.39, 0.29) is 30.3 Å². The van der Waals surface area contributed by atoms with Crippen molar-refractivity contribution in [2.24, 2.45) is 0 Å². The van der Waals surface area contributed by atoms with Crippen LogP contribution >= 0.6 is 11.6 Å². The van der Waals surface area contributed by atoms with Crippen molar-refractivity contribution in [3.05, 3.63) is 63.2 Å². The van der Waals surface area contributed by atoms with E-state index in [2.05, 4.69) is 0 Å². The topological polar surface area (TPSA) is 75.7 Å². The third-order valence-electron chi connectivity index (χ3n) is 6.22. The largest absolute Gasteiger partial charge is 0.489 e. The van der Waals surface area contributed by atoms with Gasteiger partial charge < -0.3 is 4.74 Å². The lowest BCUT2D eigenvalue weighted by atomic mass is 10.0. The van der Waals surface area contributed by atoms with E-state index >= 15 is 0 Å². The van der Waals surface area contributed by atoms with E-state index < -0.39 is 56.0 Å². The summed E-state index contributed by atoms with van der Waals surface area (Å²) in [5.74, 6) is -2.70. The van der Waals surface area contributed by atoms with Crippen molar-refractivity contribution >= 4 is 27.5 Å². The fourth-order valence-electron chi connectivity index (χ4n) is 4.38. The van der Waals surface area contributed by atoms with E-state index in [0.717, 1.165) is 31.2 Å². The molecule has 1 saturated heterocycles. The number of halogens is 6. The first kappa shape index (κ1) is 27.6. The average molecular weight is 567 g/mol. The summed E-state index contributed by atoms with van der Waals surface area (Å²) in [6.45, 7) is 0.612. The Bertz CT molecular complexity index is 1320. The molecule has 0 unspecified atom stereocenters. The van der Waals surface area contributed by atoms with Crippen LogP contribution in [0.3, 0.4) is 0 Å². The van der Waals surface area contributed by atoms with Crippen LogP contribution in [0.5, 0.6) is 5.75 Å². The van der Waals surface area contributed by atoms with Gasteiger partial charge in [-0.05, 0) is 61.9 Å². The summed E-state index contributed by atoms with van der Waals surface area (Å²) in [7, 11) is -3.89. The number of piperidine rings is 1. The normalized spacial score (nSPS) is 19.1. The van der Waals surface area contributed by atoms with Crippen LogP contribution in [0.2, 0.25) is 5.02 Å². The molecular weight excluding hydrogens is 543 g/mol. The van der Waals surface area contributed by atoms with Crippen LogP contribution in [0.4, 0.5) is 22.0 Å². The minimum atomic E-state index is -4.67. The molecule has 1 heterocycles. The molecule has 0 bridgehead atoms. The summed E-state index contributed by atoms with van der Waals surface area (Å²) in [5, 5.41) is -0.612.